The van der Waals surface area contributed by atoms with Crippen molar-refractivity contribution in [3.63, 3.8) is 0 Å². The Bertz CT molecular complexity index is 730. The maximum atomic E-state index is 12.8. The highest BCUT2D eigenvalue weighted by Gasteiger charge is 2.17. The number of aromatic nitrogens is 1. The summed E-state index contributed by atoms with van der Waals surface area (Å²) in [6.45, 7) is 5.62. The largest absolute Gasteiger partial charge is 0.349 e. The molecular formula is C16H19FN4O2S. The first-order valence-corrected chi connectivity index (χ1v) is 8.32. The number of carbonyl (C=O) groups excluding carboxylic acids is 2. The van der Waals surface area contributed by atoms with E-state index in [0.29, 0.717) is 21.4 Å². The van der Waals surface area contributed by atoms with E-state index < -0.39 is 6.03 Å². The Morgan fingerprint density at radius 1 is 1.25 bits per heavy atom. The van der Waals surface area contributed by atoms with Gasteiger partial charge in [0.15, 0.2) is 5.13 Å². The third-order valence-corrected chi connectivity index (χ3v) is 4.39. The Morgan fingerprint density at radius 3 is 2.54 bits per heavy atom. The monoisotopic (exact) mass is 350 g/mol. The van der Waals surface area contributed by atoms with Crippen LogP contribution in [0.25, 0.3) is 0 Å². The number of halogens is 1. The number of benzene rings is 1. The molecule has 3 N–H and O–H groups in total. The van der Waals surface area contributed by atoms with Gasteiger partial charge in [-0.1, -0.05) is 18.3 Å². The molecule has 6 nitrogen and oxygen atoms in total. The highest BCUT2D eigenvalue weighted by atomic mass is 32.1. The number of anilines is 2. The summed E-state index contributed by atoms with van der Waals surface area (Å²) in [5, 5.41) is 8.33. The van der Waals surface area contributed by atoms with E-state index in [1.807, 2.05) is 13.8 Å². The van der Waals surface area contributed by atoms with Gasteiger partial charge in [0.05, 0.1) is 5.69 Å². The first kappa shape index (κ1) is 17.9. The highest BCUT2D eigenvalue weighted by molar-refractivity contribution is 7.17. The lowest BCUT2D eigenvalue weighted by atomic mass is 10.2. The van der Waals surface area contributed by atoms with E-state index in [1.165, 1.54) is 24.3 Å². The van der Waals surface area contributed by atoms with Crippen LogP contribution >= 0.6 is 11.3 Å². The summed E-state index contributed by atoms with van der Waals surface area (Å²) in [6, 6.07) is 4.96. The van der Waals surface area contributed by atoms with Crippen LogP contribution in [0.3, 0.4) is 0 Å². The van der Waals surface area contributed by atoms with Gasteiger partial charge in [-0.15, -0.1) is 0 Å². The molecule has 3 amide bonds. The first-order chi connectivity index (χ1) is 11.4. The number of urea groups is 1. The molecule has 0 radical (unpaired) electrons. The molecule has 0 fully saturated rings. The molecule has 0 aliphatic rings. The first-order valence-electron chi connectivity index (χ1n) is 7.51. The van der Waals surface area contributed by atoms with Crippen molar-refractivity contribution in [2.75, 3.05) is 10.6 Å². The van der Waals surface area contributed by atoms with Crippen molar-refractivity contribution in [2.45, 2.75) is 33.2 Å². The van der Waals surface area contributed by atoms with Crippen LogP contribution < -0.4 is 16.0 Å². The molecule has 0 bridgehead atoms. The zero-order valence-corrected chi connectivity index (χ0v) is 14.5. The van der Waals surface area contributed by atoms with Gasteiger partial charge >= 0.3 is 6.03 Å². The van der Waals surface area contributed by atoms with Gasteiger partial charge in [-0.05, 0) is 44.5 Å². The number of rotatable bonds is 5. The van der Waals surface area contributed by atoms with Crippen LogP contribution in [0.2, 0.25) is 0 Å². The van der Waals surface area contributed by atoms with Crippen LogP contribution in [-0.2, 0) is 0 Å². The van der Waals surface area contributed by atoms with Crippen molar-refractivity contribution < 1.29 is 14.0 Å². The van der Waals surface area contributed by atoms with Crippen LogP contribution in [0.4, 0.5) is 20.0 Å². The van der Waals surface area contributed by atoms with Gasteiger partial charge in [-0.2, -0.15) is 0 Å². The van der Waals surface area contributed by atoms with Gasteiger partial charge in [0, 0.05) is 11.7 Å². The summed E-state index contributed by atoms with van der Waals surface area (Å²) in [4.78, 5) is 28.7. The molecule has 2 rings (SSSR count). The zero-order chi connectivity index (χ0) is 17.7. The van der Waals surface area contributed by atoms with E-state index in [9.17, 15) is 14.0 Å². The number of hydrogen-bond donors (Lipinski definition) is 3. The quantitative estimate of drug-likeness (QED) is 0.768. The van der Waals surface area contributed by atoms with Crippen LogP contribution in [0.1, 0.15) is 35.6 Å². The van der Waals surface area contributed by atoms with E-state index in [0.717, 1.165) is 17.8 Å². The SMILES string of the molecule is CCC(C)NC(=O)c1sc(NC(=O)Nc2ccc(F)cc2)nc1C. The fourth-order valence-electron chi connectivity index (χ4n) is 1.84. The number of hydrogen-bond acceptors (Lipinski definition) is 4. The summed E-state index contributed by atoms with van der Waals surface area (Å²) >= 11 is 1.11. The maximum absolute atomic E-state index is 12.8. The van der Waals surface area contributed by atoms with Gasteiger partial charge in [0.25, 0.3) is 5.91 Å². The number of nitrogens with zero attached hydrogens (tertiary/aromatic N) is 1. The molecule has 1 aromatic heterocycles. The second-order valence-electron chi connectivity index (χ2n) is 5.30. The van der Waals surface area contributed by atoms with Gasteiger partial charge in [-0.3, -0.25) is 10.1 Å². The Kier molecular flexibility index (Phi) is 5.86. The topological polar surface area (TPSA) is 83.1 Å². The second kappa shape index (κ2) is 7.87. The van der Waals surface area contributed by atoms with E-state index in [4.69, 9.17) is 0 Å². The normalized spacial score (nSPS) is 11.7. The van der Waals surface area contributed by atoms with Crippen molar-refractivity contribution in [1.82, 2.24) is 10.3 Å². The maximum Gasteiger partial charge on any atom is 0.325 e. The van der Waals surface area contributed by atoms with Gasteiger partial charge < -0.3 is 10.6 Å². The molecule has 0 spiro atoms. The number of thiazole rings is 1. The molecule has 2 aromatic rings. The van der Waals surface area contributed by atoms with E-state index in [2.05, 4.69) is 20.9 Å². The minimum atomic E-state index is -0.510. The van der Waals surface area contributed by atoms with Crippen molar-refractivity contribution in [2.24, 2.45) is 0 Å². The number of aryl methyl sites for hydroxylation is 1. The molecule has 0 aliphatic carbocycles. The molecule has 0 saturated carbocycles. The van der Waals surface area contributed by atoms with E-state index in [-0.39, 0.29) is 17.8 Å². The van der Waals surface area contributed by atoms with Gasteiger partial charge in [-0.25, -0.2) is 14.2 Å². The van der Waals surface area contributed by atoms with Crippen molar-refractivity contribution >= 4 is 34.1 Å². The summed E-state index contributed by atoms with van der Waals surface area (Å²) in [5.74, 6) is -0.584. The molecule has 1 aromatic carbocycles. The fraction of sp³-hybridized carbons (Fsp3) is 0.312. The smallest absolute Gasteiger partial charge is 0.325 e. The third-order valence-electron chi connectivity index (χ3n) is 3.32. The average molecular weight is 350 g/mol. The van der Waals surface area contributed by atoms with E-state index >= 15 is 0 Å². The minimum absolute atomic E-state index is 0.0668. The molecule has 0 saturated heterocycles. The van der Waals surface area contributed by atoms with Crippen LogP contribution in [0.5, 0.6) is 0 Å². The Balaban J connectivity index is 2.00. The Hall–Kier alpha value is -2.48. The lowest BCUT2D eigenvalue weighted by molar-refractivity contribution is 0.0942. The molecule has 8 heteroatoms. The van der Waals surface area contributed by atoms with Crippen molar-refractivity contribution in [3.05, 3.63) is 40.7 Å². The third kappa shape index (κ3) is 4.76. The zero-order valence-electron chi connectivity index (χ0n) is 13.6. The minimum Gasteiger partial charge on any atom is -0.349 e. The number of amides is 3. The van der Waals surface area contributed by atoms with Gasteiger partial charge in [0.2, 0.25) is 0 Å². The lowest BCUT2D eigenvalue weighted by Gasteiger charge is -2.09. The molecular weight excluding hydrogens is 331 g/mol. The molecule has 1 atom stereocenters. The summed E-state index contributed by atoms with van der Waals surface area (Å²) in [6.07, 6.45) is 0.828. The fourth-order valence-corrected chi connectivity index (χ4v) is 2.71. The molecule has 24 heavy (non-hydrogen) atoms. The van der Waals surface area contributed by atoms with Crippen LogP contribution in [0, 0.1) is 12.7 Å². The van der Waals surface area contributed by atoms with Crippen LogP contribution in [-0.4, -0.2) is 23.0 Å². The summed E-state index contributed by atoms with van der Waals surface area (Å²) in [7, 11) is 0. The number of carbonyl (C=O) groups is 2. The Morgan fingerprint density at radius 2 is 1.92 bits per heavy atom. The molecule has 1 heterocycles. The number of nitrogens with one attached hydrogen (secondary N) is 3. The average Bonchev–Trinajstić information content (AvgIpc) is 2.89. The van der Waals surface area contributed by atoms with Gasteiger partial charge in [0.1, 0.15) is 10.7 Å². The van der Waals surface area contributed by atoms with E-state index in [1.54, 1.807) is 6.92 Å². The second-order valence-corrected chi connectivity index (χ2v) is 6.30. The lowest BCUT2D eigenvalue weighted by Crippen LogP contribution is -2.31. The standard InChI is InChI=1S/C16H19FN4O2S/c1-4-9(2)18-14(22)13-10(3)19-16(24-13)21-15(23)20-12-7-5-11(17)6-8-12/h5-9H,4H2,1-3H3,(H,18,22)(H2,19,20,21,23). The molecule has 0 aliphatic heterocycles. The Labute approximate surface area is 143 Å². The predicted octanol–water partition coefficient (Wildman–Crippen LogP) is 3.76. The molecule has 128 valence electrons. The van der Waals surface area contributed by atoms with Crippen molar-refractivity contribution in [1.29, 1.82) is 0 Å². The van der Waals surface area contributed by atoms with Crippen molar-refractivity contribution in [3.8, 4) is 0 Å². The highest BCUT2D eigenvalue weighted by Crippen LogP contribution is 2.23. The summed E-state index contributed by atoms with van der Waals surface area (Å²) < 4.78 is 12.8. The predicted molar refractivity (Wildman–Crippen MR) is 93.1 cm³/mol. The molecule has 1 unspecified atom stereocenters. The summed E-state index contributed by atoms with van der Waals surface area (Å²) in [5.41, 5.74) is 1.01. The van der Waals surface area contributed by atoms with Crippen LogP contribution in [0.15, 0.2) is 24.3 Å².